The monoisotopic (exact) mass is 320 g/mol. The van der Waals surface area contributed by atoms with Gasteiger partial charge in [0.1, 0.15) is 5.82 Å². The Labute approximate surface area is 134 Å². The van der Waals surface area contributed by atoms with E-state index >= 15 is 0 Å². The zero-order valence-electron chi connectivity index (χ0n) is 13.5. The van der Waals surface area contributed by atoms with Crippen molar-refractivity contribution in [1.29, 1.82) is 0 Å². The fourth-order valence-electron chi connectivity index (χ4n) is 2.33. The van der Waals surface area contributed by atoms with Gasteiger partial charge in [-0.3, -0.25) is 0 Å². The van der Waals surface area contributed by atoms with Gasteiger partial charge in [-0.1, -0.05) is 26.0 Å². The Balaban J connectivity index is 2.24. The van der Waals surface area contributed by atoms with E-state index in [1.54, 1.807) is 19.1 Å². The van der Waals surface area contributed by atoms with Crippen molar-refractivity contribution in [2.24, 2.45) is 5.92 Å². The second-order valence-corrected chi connectivity index (χ2v) is 5.94. The first-order chi connectivity index (χ1) is 10.9. The van der Waals surface area contributed by atoms with E-state index in [9.17, 15) is 14.0 Å². The lowest BCUT2D eigenvalue weighted by Crippen LogP contribution is -2.45. The van der Waals surface area contributed by atoms with E-state index in [1.165, 1.54) is 12.1 Å². The number of hydrogen-bond acceptors (Lipinski definition) is 3. The summed E-state index contributed by atoms with van der Waals surface area (Å²) >= 11 is 0. The van der Waals surface area contributed by atoms with Crippen LogP contribution in [-0.4, -0.2) is 18.6 Å². The number of carbonyl (C=O) groups is 2. The lowest BCUT2D eigenvalue weighted by atomic mass is 9.95. The topological polar surface area (TPSA) is 67.4 Å². The van der Waals surface area contributed by atoms with Crippen LogP contribution >= 0.6 is 0 Å². The van der Waals surface area contributed by atoms with Gasteiger partial charge in [0.25, 0.3) is 0 Å². The molecule has 0 spiro atoms. The van der Waals surface area contributed by atoms with Crippen LogP contribution in [0.25, 0.3) is 0 Å². The minimum atomic E-state index is -0.657. The van der Waals surface area contributed by atoms with E-state index in [1.807, 2.05) is 13.8 Å². The van der Waals surface area contributed by atoms with E-state index in [2.05, 4.69) is 10.6 Å². The van der Waals surface area contributed by atoms with Crippen molar-refractivity contribution < 1.29 is 18.7 Å². The number of rotatable bonds is 5. The van der Waals surface area contributed by atoms with Gasteiger partial charge in [-0.15, -0.1) is 0 Å². The number of carbonyl (C=O) groups excluding carboxylic acids is 2. The lowest BCUT2D eigenvalue weighted by Gasteiger charge is -2.28. The average Bonchev–Trinajstić information content (AvgIpc) is 2.46. The second kappa shape index (κ2) is 7.26. The highest BCUT2D eigenvalue weighted by atomic mass is 19.1. The summed E-state index contributed by atoms with van der Waals surface area (Å²) in [6, 6.07) is 4.60. The molecule has 5 nitrogen and oxygen atoms in total. The van der Waals surface area contributed by atoms with Crippen LogP contribution in [0.15, 0.2) is 35.5 Å². The Morgan fingerprint density at radius 1 is 1.30 bits per heavy atom. The highest BCUT2D eigenvalue weighted by Crippen LogP contribution is 2.27. The molecular weight excluding hydrogens is 299 g/mol. The molecule has 2 amide bonds. The van der Waals surface area contributed by atoms with E-state index in [0.29, 0.717) is 29.4 Å². The minimum absolute atomic E-state index is 0.317. The quantitative estimate of drug-likeness (QED) is 0.820. The van der Waals surface area contributed by atoms with E-state index in [-0.39, 0.29) is 5.82 Å². The first-order valence-electron chi connectivity index (χ1n) is 7.59. The van der Waals surface area contributed by atoms with Gasteiger partial charge in [0.15, 0.2) is 0 Å². The molecule has 1 aliphatic heterocycles. The molecule has 6 heteroatoms. The zero-order chi connectivity index (χ0) is 17.0. The van der Waals surface area contributed by atoms with E-state index in [0.717, 1.165) is 6.42 Å². The molecule has 0 aliphatic carbocycles. The molecule has 0 radical (unpaired) electrons. The Kier molecular flexibility index (Phi) is 5.36. The molecule has 1 heterocycles. The normalized spacial score (nSPS) is 17.8. The second-order valence-electron chi connectivity index (χ2n) is 5.94. The Morgan fingerprint density at radius 3 is 2.57 bits per heavy atom. The van der Waals surface area contributed by atoms with E-state index < -0.39 is 18.0 Å². The highest BCUT2D eigenvalue weighted by Gasteiger charge is 2.32. The van der Waals surface area contributed by atoms with Crippen molar-refractivity contribution in [3.8, 4) is 0 Å². The van der Waals surface area contributed by atoms with E-state index in [4.69, 9.17) is 4.74 Å². The van der Waals surface area contributed by atoms with Gasteiger partial charge in [-0.2, -0.15) is 0 Å². The molecule has 0 saturated heterocycles. The molecule has 0 unspecified atom stereocenters. The van der Waals surface area contributed by atoms with Crippen LogP contribution in [0.2, 0.25) is 0 Å². The Hall–Kier alpha value is -2.37. The number of ether oxygens (including phenoxy) is 1. The molecule has 23 heavy (non-hydrogen) atoms. The average molecular weight is 320 g/mol. The molecule has 1 aromatic rings. The smallest absolute Gasteiger partial charge is 0.338 e. The molecular formula is C17H21FN2O3. The molecule has 0 aromatic heterocycles. The lowest BCUT2D eigenvalue weighted by molar-refractivity contribution is -0.139. The molecule has 0 bridgehead atoms. The number of hydrogen-bond donors (Lipinski definition) is 2. The third-order valence-corrected chi connectivity index (χ3v) is 3.62. The number of esters is 1. The molecule has 0 fully saturated rings. The Bertz CT molecular complexity index is 623. The van der Waals surface area contributed by atoms with Crippen molar-refractivity contribution in [1.82, 2.24) is 10.6 Å². The molecule has 1 atom stereocenters. The fourth-order valence-corrected chi connectivity index (χ4v) is 2.33. The predicted octanol–water partition coefficient (Wildman–Crippen LogP) is 3.04. The number of allylic oxidation sites excluding steroid dienone is 1. The largest absolute Gasteiger partial charge is 0.462 e. The maximum atomic E-state index is 13.1. The van der Waals surface area contributed by atoms with Crippen molar-refractivity contribution in [2.75, 3.05) is 6.61 Å². The van der Waals surface area contributed by atoms with Crippen LogP contribution < -0.4 is 10.6 Å². The number of benzene rings is 1. The summed E-state index contributed by atoms with van der Waals surface area (Å²) in [4.78, 5) is 24.1. The fraction of sp³-hybridized carbons (Fsp3) is 0.412. The van der Waals surface area contributed by atoms with Gasteiger partial charge in [0.05, 0.1) is 18.2 Å². The number of urea groups is 1. The third kappa shape index (κ3) is 4.31. The summed E-state index contributed by atoms with van der Waals surface area (Å²) in [6.45, 7) is 6.05. The molecule has 2 rings (SSSR count). The first-order valence-corrected chi connectivity index (χ1v) is 7.59. The predicted molar refractivity (Wildman–Crippen MR) is 83.9 cm³/mol. The number of amides is 2. The summed E-state index contributed by atoms with van der Waals surface area (Å²) in [5.41, 5.74) is 1.40. The highest BCUT2D eigenvalue weighted by molar-refractivity contribution is 5.95. The minimum Gasteiger partial charge on any atom is -0.462 e. The van der Waals surface area contributed by atoms with Crippen molar-refractivity contribution in [3.05, 3.63) is 46.9 Å². The maximum Gasteiger partial charge on any atom is 0.338 e. The van der Waals surface area contributed by atoms with Gasteiger partial charge in [0, 0.05) is 5.70 Å². The van der Waals surface area contributed by atoms with Gasteiger partial charge < -0.3 is 15.4 Å². The SMILES string of the molecule is CC1=C(C(=O)OCCC(C)C)[C@@H](c2ccc(F)cc2)NC(=O)N1. The molecule has 0 saturated carbocycles. The summed E-state index contributed by atoms with van der Waals surface area (Å²) < 4.78 is 18.4. The van der Waals surface area contributed by atoms with Crippen LogP contribution in [-0.2, 0) is 9.53 Å². The van der Waals surface area contributed by atoms with Crippen molar-refractivity contribution in [2.45, 2.75) is 33.2 Å². The van der Waals surface area contributed by atoms with Crippen LogP contribution in [0.1, 0.15) is 38.8 Å². The van der Waals surface area contributed by atoms with Crippen molar-refractivity contribution in [3.63, 3.8) is 0 Å². The molecule has 1 aliphatic rings. The standard InChI is InChI=1S/C17H21FN2O3/c1-10(2)8-9-23-16(21)14-11(3)19-17(22)20-15(14)12-4-6-13(18)7-5-12/h4-7,10,15H,8-9H2,1-3H3,(H2,19,20,22)/t15-/m1/s1. The summed E-state index contributed by atoms with van der Waals surface area (Å²) in [5.74, 6) is -0.435. The molecule has 1 aromatic carbocycles. The summed E-state index contributed by atoms with van der Waals surface area (Å²) in [5, 5.41) is 5.26. The van der Waals surface area contributed by atoms with Crippen LogP contribution in [0.3, 0.4) is 0 Å². The maximum absolute atomic E-state index is 13.1. The van der Waals surface area contributed by atoms with Gasteiger partial charge in [-0.25, -0.2) is 14.0 Å². The Morgan fingerprint density at radius 2 is 1.96 bits per heavy atom. The van der Waals surface area contributed by atoms with Crippen LogP contribution in [0.4, 0.5) is 9.18 Å². The van der Waals surface area contributed by atoms with Gasteiger partial charge in [0.2, 0.25) is 0 Å². The number of halogens is 1. The molecule has 124 valence electrons. The van der Waals surface area contributed by atoms with Crippen LogP contribution in [0.5, 0.6) is 0 Å². The summed E-state index contributed by atoms with van der Waals surface area (Å²) in [6.07, 6.45) is 0.763. The molecule has 2 N–H and O–H groups in total. The third-order valence-electron chi connectivity index (χ3n) is 3.62. The summed E-state index contributed by atoms with van der Waals surface area (Å²) in [7, 11) is 0. The van der Waals surface area contributed by atoms with Gasteiger partial charge in [-0.05, 0) is 37.0 Å². The number of nitrogens with one attached hydrogen (secondary N) is 2. The zero-order valence-corrected chi connectivity index (χ0v) is 13.5. The van der Waals surface area contributed by atoms with Crippen LogP contribution in [0, 0.1) is 11.7 Å². The van der Waals surface area contributed by atoms with Crippen molar-refractivity contribution >= 4 is 12.0 Å². The first kappa shape index (κ1) is 17.0. The van der Waals surface area contributed by atoms with Gasteiger partial charge >= 0.3 is 12.0 Å².